The molecule has 0 aliphatic rings. The van der Waals surface area contributed by atoms with Crippen LogP contribution in [0.1, 0.15) is 10.5 Å². The van der Waals surface area contributed by atoms with Crippen LogP contribution in [0.5, 0.6) is 0 Å². The van der Waals surface area contributed by atoms with Crippen molar-refractivity contribution in [2.24, 2.45) is 7.05 Å². The lowest BCUT2D eigenvalue weighted by atomic mass is 10.1. The Labute approximate surface area is 91.5 Å². The number of carbonyl (C=O) groups excluding carboxylic acids is 1. The van der Waals surface area contributed by atoms with Crippen molar-refractivity contribution in [3.05, 3.63) is 35.0 Å². The Kier molecular flexibility index (Phi) is 2.51. The first-order chi connectivity index (χ1) is 7.22. The van der Waals surface area contributed by atoms with Crippen molar-refractivity contribution in [1.82, 2.24) is 15.0 Å². The molecule has 0 saturated carbocycles. The van der Waals surface area contributed by atoms with Crippen LogP contribution < -0.4 is 0 Å². The van der Waals surface area contributed by atoms with Gasteiger partial charge in [-0.1, -0.05) is 28.9 Å². The Bertz CT molecular complexity index is 507. The van der Waals surface area contributed by atoms with Crippen molar-refractivity contribution in [2.45, 2.75) is 0 Å². The van der Waals surface area contributed by atoms with Crippen LogP contribution in [0.3, 0.4) is 0 Å². The molecule has 2 rings (SSSR count). The molecule has 76 valence electrons. The number of nitrogens with zero attached hydrogens (tertiary/aromatic N) is 3. The van der Waals surface area contributed by atoms with Crippen LogP contribution in [-0.2, 0) is 7.05 Å². The summed E-state index contributed by atoms with van der Waals surface area (Å²) in [6.45, 7) is 0. The molecule has 0 aliphatic carbocycles. The quantitative estimate of drug-likeness (QED) is 0.729. The Hall–Kier alpha value is -1.68. The number of hydrogen-bond acceptors (Lipinski definition) is 3. The van der Waals surface area contributed by atoms with Gasteiger partial charge in [-0.25, -0.2) is 4.68 Å². The number of rotatable bonds is 2. The van der Waals surface area contributed by atoms with Gasteiger partial charge in [0.05, 0.1) is 5.69 Å². The first-order valence-corrected chi connectivity index (χ1v) is 4.71. The van der Waals surface area contributed by atoms with Crippen LogP contribution in [0.25, 0.3) is 11.3 Å². The van der Waals surface area contributed by atoms with Gasteiger partial charge in [-0.3, -0.25) is 4.79 Å². The highest BCUT2D eigenvalue weighted by Gasteiger charge is 2.11. The fraction of sp³-hybridized carbons (Fsp3) is 0.100. The molecule has 1 aromatic carbocycles. The second-order valence-corrected chi connectivity index (χ2v) is 3.51. The summed E-state index contributed by atoms with van der Waals surface area (Å²) < 4.78 is 1.55. The van der Waals surface area contributed by atoms with Gasteiger partial charge < -0.3 is 0 Å². The zero-order chi connectivity index (χ0) is 10.8. The van der Waals surface area contributed by atoms with Crippen LogP contribution in [0.15, 0.2) is 24.3 Å². The third kappa shape index (κ3) is 1.76. The van der Waals surface area contributed by atoms with Crippen molar-refractivity contribution in [3.63, 3.8) is 0 Å². The molecule has 0 N–H and O–H groups in total. The SMILES string of the molecule is Cn1nnc(C=O)c1-c1cccc(Cl)c1. The summed E-state index contributed by atoms with van der Waals surface area (Å²) in [5.41, 5.74) is 1.82. The third-order valence-corrected chi connectivity index (χ3v) is 2.30. The summed E-state index contributed by atoms with van der Waals surface area (Å²) in [6, 6.07) is 7.22. The summed E-state index contributed by atoms with van der Waals surface area (Å²) >= 11 is 5.87. The standard InChI is InChI=1S/C10H8ClN3O/c1-14-10(9(6-15)12-13-14)7-3-2-4-8(11)5-7/h2-6H,1H3. The minimum Gasteiger partial charge on any atom is -0.296 e. The zero-order valence-electron chi connectivity index (χ0n) is 8.01. The lowest BCUT2D eigenvalue weighted by Gasteiger charge is -2.01. The van der Waals surface area contributed by atoms with Gasteiger partial charge in [-0.05, 0) is 12.1 Å². The number of carbonyl (C=O) groups is 1. The first kappa shape index (κ1) is 9.86. The molecule has 2 aromatic rings. The maximum Gasteiger partial charge on any atom is 0.172 e. The summed E-state index contributed by atoms with van der Waals surface area (Å²) in [7, 11) is 1.73. The molecule has 15 heavy (non-hydrogen) atoms. The van der Waals surface area contributed by atoms with E-state index in [0.717, 1.165) is 5.56 Å². The van der Waals surface area contributed by atoms with Gasteiger partial charge in [-0.15, -0.1) is 5.10 Å². The molecule has 0 aliphatic heterocycles. The van der Waals surface area contributed by atoms with Gasteiger partial charge in [0.15, 0.2) is 12.0 Å². The van der Waals surface area contributed by atoms with E-state index in [-0.39, 0.29) is 0 Å². The van der Waals surface area contributed by atoms with Crippen LogP contribution in [-0.4, -0.2) is 21.3 Å². The summed E-state index contributed by atoms with van der Waals surface area (Å²) in [4.78, 5) is 10.8. The molecular weight excluding hydrogens is 214 g/mol. The smallest absolute Gasteiger partial charge is 0.172 e. The van der Waals surface area contributed by atoms with Gasteiger partial charge in [0.25, 0.3) is 0 Å². The first-order valence-electron chi connectivity index (χ1n) is 4.33. The molecule has 0 radical (unpaired) electrons. The van der Waals surface area contributed by atoms with E-state index >= 15 is 0 Å². The van der Waals surface area contributed by atoms with Crippen LogP contribution in [0.4, 0.5) is 0 Å². The van der Waals surface area contributed by atoms with Crippen molar-refractivity contribution in [1.29, 1.82) is 0 Å². The molecule has 1 aromatic heterocycles. The number of halogens is 1. The van der Waals surface area contributed by atoms with Gasteiger partial charge in [0.2, 0.25) is 0 Å². The van der Waals surface area contributed by atoms with Crippen LogP contribution >= 0.6 is 11.6 Å². The van der Waals surface area contributed by atoms with E-state index in [9.17, 15) is 4.79 Å². The molecule has 0 amide bonds. The topological polar surface area (TPSA) is 47.8 Å². The number of aromatic nitrogens is 3. The van der Waals surface area contributed by atoms with E-state index in [1.54, 1.807) is 23.9 Å². The Morgan fingerprint density at radius 3 is 2.93 bits per heavy atom. The molecule has 0 bridgehead atoms. The minimum absolute atomic E-state index is 0.319. The third-order valence-electron chi connectivity index (χ3n) is 2.06. The number of aryl methyl sites for hydroxylation is 1. The van der Waals surface area contributed by atoms with E-state index in [2.05, 4.69) is 10.3 Å². The summed E-state index contributed by atoms with van der Waals surface area (Å²) in [5, 5.41) is 8.14. The molecule has 0 fully saturated rings. The fourth-order valence-electron chi connectivity index (χ4n) is 1.42. The molecule has 5 heteroatoms. The summed E-state index contributed by atoms with van der Waals surface area (Å²) in [6.07, 6.45) is 0.684. The number of aldehydes is 1. The molecule has 0 spiro atoms. The largest absolute Gasteiger partial charge is 0.296 e. The number of benzene rings is 1. The predicted molar refractivity (Wildman–Crippen MR) is 56.8 cm³/mol. The van der Waals surface area contributed by atoms with Crippen LogP contribution in [0.2, 0.25) is 5.02 Å². The maximum absolute atomic E-state index is 10.8. The van der Waals surface area contributed by atoms with Crippen molar-refractivity contribution < 1.29 is 4.79 Å². The summed E-state index contributed by atoms with van der Waals surface area (Å²) in [5.74, 6) is 0. The van der Waals surface area contributed by atoms with Gasteiger partial charge in [-0.2, -0.15) is 0 Å². The van der Waals surface area contributed by atoms with E-state index in [1.807, 2.05) is 12.1 Å². The molecule has 0 unspecified atom stereocenters. The Balaban J connectivity index is 2.62. The molecule has 0 atom stereocenters. The molecule has 0 saturated heterocycles. The minimum atomic E-state index is 0.319. The second-order valence-electron chi connectivity index (χ2n) is 3.08. The number of hydrogen-bond donors (Lipinski definition) is 0. The van der Waals surface area contributed by atoms with E-state index < -0.39 is 0 Å². The predicted octanol–water partition coefficient (Wildman–Crippen LogP) is 1.95. The highest BCUT2D eigenvalue weighted by Crippen LogP contribution is 2.23. The lowest BCUT2D eigenvalue weighted by molar-refractivity contribution is 0.111. The normalized spacial score (nSPS) is 10.3. The van der Waals surface area contributed by atoms with Gasteiger partial charge in [0, 0.05) is 17.6 Å². The van der Waals surface area contributed by atoms with Crippen LogP contribution in [0, 0.1) is 0 Å². The highest BCUT2D eigenvalue weighted by molar-refractivity contribution is 6.30. The van der Waals surface area contributed by atoms with E-state index in [0.29, 0.717) is 22.7 Å². The Morgan fingerprint density at radius 2 is 2.27 bits per heavy atom. The lowest BCUT2D eigenvalue weighted by Crippen LogP contribution is -1.95. The average Bonchev–Trinajstić information content (AvgIpc) is 2.59. The van der Waals surface area contributed by atoms with Crippen molar-refractivity contribution in [2.75, 3.05) is 0 Å². The van der Waals surface area contributed by atoms with E-state index in [1.165, 1.54) is 0 Å². The van der Waals surface area contributed by atoms with Crippen molar-refractivity contribution >= 4 is 17.9 Å². The fourth-order valence-corrected chi connectivity index (χ4v) is 1.61. The Morgan fingerprint density at radius 1 is 1.47 bits per heavy atom. The molecule has 1 heterocycles. The van der Waals surface area contributed by atoms with Gasteiger partial charge in [0.1, 0.15) is 0 Å². The van der Waals surface area contributed by atoms with E-state index in [4.69, 9.17) is 11.6 Å². The van der Waals surface area contributed by atoms with Crippen molar-refractivity contribution in [3.8, 4) is 11.3 Å². The average molecular weight is 222 g/mol. The molecule has 4 nitrogen and oxygen atoms in total. The zero-order valence-corrected chi connectivity index (χ0v) is 8.77. The molecular formula is C10H8ClN3O. The monoisotopic (exact) mass is 221 g/mol. The van der Waals surface area contributed by atoms with Gasteiger partial charge >= 0.3 is 0 Å². The second kappa shape index (κ2) is 3.82. The maximum atomic E-state index is 10.8. The highest BCUT2D eigenvalue weighted by atomic mass is 35.5.